The van der Waals surface area contributed by atoms with Crippen LogP contribution in [0.25, 0.3) is 0 Å². The number of carbonyl (C=O) groups is 1. The monoisotopic (exact) mass is 248 g/mol. The third kappa shape index (κ3) is 50.5. The first kappa shape index (κ1) is 21.7. The lowest BCUT2D eigenvalue weighted by Gasteiger charge is -2.10. The minimum Gasteiger partial charge on any atom is -0.391 e. The van der Waals surface area contributed by atoms with E-state index in [1.165, 1.54) is 12.8 Å². The van der Waals surface area contributed by atoms with E-state index in [9.17, 15) is 4.79 Å². The van der Waals surface area contributed by atoms with Crippen molar-refractivity contribution in [2.75, 3.05) is 0 Å². The molecule has 4 heteroatoms. The average molecular weight is 248 g/mol. The highest BCUT2D eigenvalue weighted by Crippen LogP contribution is 1.97. The van der Waals surface area contributed by atoms with Crippen molar-refractivity contribution < 1.29 is 9.90 Å². The summed E-state index contributed by atoms with van der Waals surface area (Å²) in [5, 5.41) is 8.52. The van der Waals surface area contributed by atoms with Crippen molar-refractivity contribution in [2.45, 2.75) is 79.4 Å². The van der Waals surface area contributed by atoms with Crippen molar-refractivity contribution in [3.63, 3.8) is 0 Å². The van der Waals surface area contributed by atoms with E-state index >= 15 is 0 Å². The number of unbranched alkanes of at least 4 members (excludes halogenated alkanes) is 1. The second-order valence-corrected chi connectivity index (χ2v) is 4.62. The number of rotatable bonds is 6. The third-order valence-corrected chi connectivity index (χ3v) is 1.38. The molecular formula is C13H32N2O2. The molecule has 3 N–H and O–H groups in total. The minimum atomic E-state index is -0.500. The largest absolute Gasteiger partial charge is 0.391 e. The van der Waals surface area contributed by atoms with E-state index < -0.39 is 5.60 Å². The Morgan fingerprint density at radius 2 is 1.71 bits per heavy atom. The molecule has 0 aliphatic carbocycles. The molecule has 0 radical (unpaired) electrons. The van der Waals surface area contributed by atoms with Gasteiger partial charge in [0.05, 0.1) is 5.60 Å². The lowest BCUT2D eigenvalue weighted by atomic mass is 10.2. The molecule has 0 heterocycles. The zero-order valence-corrected chi connectivity index (χ0v) is 12.6. The summed E-state index contributed by atoms with van der Waals surface area (Å²) in [4.78, 5) is 9.81. The van der Waals surface area contributed by atoms with Gasteiger partial charge in [-0.1, -0.05) is 33.6 Å². The predicted molar refractivity (Wildman–Crippen MR) is 74.6 cm³/mol. The van der Waals surface area contributed by atoms with Crippen molar-refractivity contribution >= 4 is 6.41 Å². The Balaban J connectivity index is -0.000000236. The maximum atomic E-state index is 9.81. The first-order valence-corrected chi connectivity index (χ1v) is 6.48. The van der Waals surface area contributed by atoms with Gasteiger partial charge < -0.3 is 5.11 Å². The van der Waals surface area contributed by atoms with Crippen LogP contribution in [0.4, 0.5) is 0 Å². The average Bonchev–Trinajstić information content (AvgIpc) is 2.24. The standard InChI is InChI=1S/C7H16N2O.C4H10O.C2H6/c1-3-4-5-7(2)9-8-6-10;1-4(2,3)5;1-2/h6-7,9H,3-5H2,1-2H3,(H,8,10);5H,1-3H3;1-2H3. The zero-order valence-electron chi connectivity index (χ0n) is 12.6. The molecular weight excluding hydrogens is 216 g/mol. The number of hydrogen-bond donors (Lipinski definition) is 3. The molecule has 0 aliphatic heterocycles. The molecule has 1 atom stereocenters. The Morgan fingerprint density at radius 3 is 2.00 bits per heavy atom. The highest BCUT2D eigenvalue weighted by molar-refractivity contribution is 5.44. The number of amides is 1. The van der Waals surface area contributed by atoms with Crippen LogP contribution >= 0.6 is 0 Å². The third-order valence-electron chi connectivity index (χ3n) is 1.38. The summed E-state index contributed by atoms with van der Waals surface area (Å²) >= 11 is 0. The van der Waals surface area contributed by atoms with Gasteiger partial charge in [0, 0.05) is 6.04 Å². The lowest BCUT2D eigenvalue weighted by Crippen LogP contribution is -2.37. The van der Waals surface area contributed by atoms with Crippen LogP contribution in [-0.2, 0) is 4.79 Å². The number of hydrazine groups is 1. The Bertz CT molecular complexity index is 139. The molecule has 0 bridgehead atoms. The van der Waals surface area contributed by atoms with Crippen molar-refractivity contribution in [3.8, 4) is 0 Å². The van der Waals surface area contributed by atoms with Crippen LogP contribution in [0.5, 0.6) is 0 Å². The smallest absolute Gasteiger partial charge is 0.221 e. The van der Waals surface area contributed by atoms with E-state index in [-0.39, 0.29) is 0 Å². The molecule has 17 heavy (non-hydrogen) atoms. The fourth-order valence-corrected chi connectivity index (χ4v) is 0.759. The van der Waals surface area contributed by atoms with Crippen molar-refractivity contribution in [3.05, 3.63) is 0 Å². The molecule has 0 aliphatic rings. The van der Waals surface area contributed by atoms with Crippen LogP contribution < -0.4 is 10.9 Å². The quantitative estimate of drug-likeness (QED) is 0.500. The number of hydrogen-bond acceptors (Lipinski definition) is 3. The van der Waals surface area contributed by atoms with E-state index in [1.807, 2.05) is 20.8 Å². The molecule has 0 fully saturated rings. The van der Waals surface area contributed by atoms with Gasteiger partial charge in [-0.3, -0.25) is 10.2 Å². The van der Waals surface area contributed by atoms with Gasteiger partial charge >= 0.3 is 0 Å². The Labute approximate surface area is 107 Å². The lowest BCUT2D eigenvalue weighted by molar-refractivity contribution is -0.110. The Hall–Kier alpha value is -0.610. The zero-order chi connectivity index (χ0) is 14.3. The van der Waals surface area contributed by atoms with Gasteiger partial charge in [-0.2, -0.15) is 0 Å². The second kappa shape index (κ2) is 15.4. The maximum Gasteiger partial charge on any atom is 0.221 e. The summed E-state index contributed by atoms with van der Waals surface area (Å²) in [5.41, 5.74) is 4.78. The first-order valence-electron chi connectivity index (χ1n) is 6.48. The first-order chi connectivity index (χ1) is 7.81. The van der Waals surface area contributed by atoms with E-state index in [1.54, 1.807) is 20.8 Å². The molecule has 4 nitrogen and oxygen atoms in total. The second-order valence-electron chi connectivity index (χ2n) is 4.62. The van der Waals surface area contributed by atoms with E-state index in [4.69, 9.17) is 5.11 Å². The molecule has 1 amide bonds. The van der Waals surface area contributed by atoms with Gasteiger partial charge in [0.25, 0.3) is 0 Å². The van der Waals surface area contributed by atoms with Gasteiger partial charge in [-0.15, -0.1) is 0 Å². The van der Waals surface area contributed by atoms with E-state index in [2.05, 4.69) is 17.8 Å². The summed E-state index contributed by atoms with van der Waals surface area (Å²) in [7, 11) is 0. The maximum absolute atomic E-state index is 9.81. The summed E-state index contributed by atoms with van der Waals surface area (Å²) < 4.78 is 0. The highest BCUT2D eigenvalue weighted by atomic mass is 16.3. The van der Waals surface area contributed by atoms with Crippen molar-refractivity contribution in [1.29, 1.82) is 0 Å². The normalized spacial score (nSPS) is 11.3. The topological polar surface area (TPSA) is 61.4 Å². The van der Waals surface area contributed by atoms with Crippen LogP contribution in [0.1, 0.15) is 67.7 Å². The summed E-state index contributed by atoms with van der Waals surface area (Å²) in [5.74, 6) is 0. The summed E-state index contributed by atoms with van der Waals surface area (Å²) in [6.07, 6.45) is 4.17. The van der Waals surface area contributed by atoms with Gasteiger partial charge in [0.2, 0.25) is 6.41 Å². The number of carbonyl (C=O) groups excluding carboxylic acids is 1. The molecule has 0 saturated heterocycles. The molecule has 0 spiro atoms. The van der Waals surface area contributed by atoms with Gasteiger partial charge in [-0.05, 0) is 34.1 Å². The summed E-state index contributed by atoms with van der Waals surface area (Å²) in [6.45, 7) is 13.4. The van der Waals surface area contributed by atoms with Gasteiger partial charge in [0.1, 0.15) is 0 Å². The Morgan fingerprint density at radius 1 is 1.29 bits per heavy atom. The van der Waals surface area contributed by atoms with E-state index in [0.29, 0.717) is 12.5 Å². The van der Waals surface area contributed by atoms with E-state index in [0.717, 1.165) is 6.42 Å². The number of nitrogens with one attached hydrogen (secondary N) is 2. The molecule has 0 saturated carbocycles. The van der Waals surface area contributed by atoms with Crippen molar-refractivity contribution in [2.24, 2.45) is 0 Å². The van der Waals surface area contributed by atoms with Gasteiger partial charge in [-0.25, -0.2) is 5.43 Å². The number of aliphatic hydroxyl groups is 1. The van der Waals surface area contributed by atoms with Crippen LogP contribution in [0.15, 0.2) is 0 Å². The van der Waals surface area contributed by atoms with Crippen LogP contribution in [0.2, 0.25) is 0 Å². The fourth-order valence-electron chi connectivity index (χ4n) is 0.759. The molecule has 0 aromatic rings. The van der Waals surface area contributed by atoms with Crippen LogP contribution in [0, 0.1) is 0 Å². The molecule has 106 valence electrons. The molecule has 1 unspecified atom stereocenters. The minimum absolute atomic E-state index is 0.380. The molecule has 0 rings (SSSR count). The molecule has 0 aromatic heterocycles. The van der Waals surface area contributed by atoms with Crippen LogP contribution in [-0.4, -0.2) is 23.2 Å². The van der Waals surface area contributed by atoms with Crippen LogP contribution in [0.3, 0.4) is 0 Å². The molecule has 0 aromatic carbocycles. The SMILES string of the molecule is CC.CC(C)(C)O.CCCCC(C)NNC=O. The summed E-state index contributed by atoms with van der Waals surface area (Å²) in [6, 6.07) is 0.380. The highest BCUT2D eigenvalue weighted by Gasteiger charge is 1.98. The van der Waals surface area contributed by atoms with Crippen molar-refractivity contribution in [1.82, 2.24) is 10.9 Å². The fraction of sp³-hybridized carbons (Fsp3) is 0.923. The predicted octanol–water partition coefficient (Wildman–Crippen LogP) is 2.62. The van der Waals surface area contributed by atoms with Gasteiger partial charge in [0.15, 0.2) is 0 Å². The Kier molecular flexibility index (Phi) is 19.6.